The molecule has 0 aliphatic heterocycles. The van der Waals surface area contributed by atoms with Gasteiger partial charge in [0.25, 0.3) is 0 Å². The Morgan fingerprint density at radius 2 is 0.773 bits per heavy atom. The van der Waals surface area contributed by atoms with Gasteiger partial charge in [0.05, 0.1) is 23.9 Å². The monoisotopic (exact) mass is 367 g/mol. The zero-order chi connectivity index (χ0) is 15.7. The quantitative estimate of drug-likeness (QED) is 0.320. The molecule has 0 aliphatic carbocycles. The van der Waals surface area contributed by atoms with Crippen LogP contribution in [0.2, 0.25) is 0 Å². The summed E-state index contributed by atoms with van der Waals surface area (Å²) in [6, 6.07) is 0. The minimum Gasteiger partial charge on any atom is -0.549 e. The first-order chi connectivity index (χ1) is 9.20. The summed E-state index contributed by atoms with van der Waals surface area (Å²) in [6.45, 7) is -3.25. The van der Waals surface area contributed by atoms with Gasteiger partial charge in [0.2, 0.25) is 0 Å². The van der Waals surface area contributed by atoms with Gasteiger partial charge in [-0.3, -0.25) is 9.80 Å². The van der Waals surface area contributed by atoms with Crippen LogP contribution in [0.4, 0.5) is 0 Å². The van der Waals surface area contributed by atoms with E-state index in [9.17, 15) is 39.6 Å². The van der Waals surface area contributed by atoms with E-state index in [2.05, 4.69) is 0 Å². The fourth-order valence-corrected chi connectivity index (χ4v) is 1.44. The molecule has 0 unspecified atom stereocenters. The van der Waals surface area contributed by atoms with Gasteiger partial charge in [-0.05, 0) is 0 Å². The molecule has 0 radical (unpaired) electrons. The Kier molecular flexibility index (Phi) is 16.6. The minimum atomic E-state index is -1.53. The summed E-state index contributed by atoms with van der Waals surface area (Å²) >= 11 is 0. The molecular formula is C10H12FeN2NaO8-. The second-order valence-electron chi connectivity index (χ2n) is 3.91. The Balaban J connectivity index is -0.00000180. The van der Waals surface area contributed by atoms with E-state index in [4.69, 9.17) is 0 Å². The first-order valence-corrected chi connectivity index (χ1v) is 5.44. The first kappa shape index (κ1) is 26.2. The number of carbonyl (C=O) groups is 4. The molecule has 0 aliphatic rings. The van der Waals surface area contributed by atoms with Crippen molar-refractivity contribution in [3.05, 3.63) is 0 Å². The van der Waals surface area contributed by atoms with Crippen LogP contribution in [0.25, 0.3) is 0 Å². The van der Waals surface area contributed by atoms with Gasteiger partial charge in [-0.25, -0.2) is 0 Å². The average Bonchev–Trinajstić information content (AvgIpc) is 2.22. The Morgan fingerprint density at radius 3 is 0.909 bits per heavy atom. The van der Waals surface area contributed by atoms with E-state index in [-0.39, 0.29) is 59.7 Å². The van der Waals surface area contributed by atoms with Crippen molar-refractivity contribution < 1.29 is 86.2 Å². The number of hydrogen-bond acceptors (Lipinski definition) is 10. The molecule has 22 heavy (non-hydrogen) atoms. The van der Waals surface area contributed by atoms with E-state index in [0.29, 0.717) is 0 Å². The molecule has 0 saturated heterocycles. The van der Waals surface area contributed by atoms with Crippen molar-refractivity contribution in [2.24, 2.45) is 0 Å². The smallest absolute Gasteiger partial charge is 0.549 e. The molecule has 0 aromatic rings. The predicted octanol–water partition coefficient (Wildman–Crippen LogP) is -10.4. The van der Waals surface area contributed by atoms with Crippen molar-refractivity contribution in [1.82, 2.24) is 9.80 Å². The van der Waals surface area contributed by atoms with Crippen molar-refractivity contribution in [3.63, 3.8) is 0 Å². The van der Waals surface area contributed by atoms with E-state index in [0.717, 1.165) is 9.80 Å². The summed E-state index contributed by atoms with van der Waals surface area (Å²) in [4.78, 5) is 43.4. The van der Waals surface area contributed by atoms with Crippen molar-refractivity contribution >= 4 is 23.9 Å². The Hall–Kier alpha value is -0.681. The van der Waals surface area contributed by atoms with Gasteiger partial charge in [-0.15, -0.1) is 0 Å². The molecule has 120 valence electrons. The fourth-order valence-electron chi connectivity index (χ4n) is 1.44. The third kappa shape index (κ3) is 15.7. The third-order valence-corrected chi connectivity index (χ3v) is 2.14. The summed E-state index contributed by atoms with van der Waals surface area (Å²) < 4.78 is 0. The number of aliphatic carboxylic acids is 4. The predicted molar refractivity (Wildman–Crippen MR) is 52.9 cm³/mol. The molecule has 0 rings (SSSR count). The molecule has 0 bridgehead atoms. The zero-order valence-corrected chi connectivity index (χ0v) is 14.9. The van der Waals surface area contributed by atoms with Gasteiger partial charge < -0.3 is 39.6 Å². The molecule has 0 aromatic heterocycles. The van der Waals surface area contributed by atoms with Crippen LogP contribution in [0.15, 0.2) is 0 Å². The van der Waals surface area contributed by atoms with Crippen LogP contribution in [-0.4, -0.2) is 72.9 Å². The number of carbonyl (C=O) groups excluding carboxylic acids is 4. The summed E-state index contributed by atoms with van der Waals surface area (Å²) in [7, 11) is 0. The Morgan fingerprint density at radius 1 is 0.591 bits per heavy atom. The average molecular weight is 367 g/mol. The molecule has 0 aromatic carbocycles. The molecule has 0 saturated carbocycles. The van der Waals surface area contributed by atoms with Crippen LogP contribution in [0, 0.1) is 0 Å². The summed E-state index contributed by atoms with van der Waals surface area (Å²) in [5.74, 6) is -6.12. The van der Waals surface area contributed by atoms with Crippen LogP contribution in [0.3, 0.4) is 0 Å². The Labute approximate surface area is 158 Å². The van der Waals surface area contributed by atoms with E-state index in [1.807, 2.05) is 0 Å². The SMILES string of the molecule is O=C([O-])CN(CCN(CC(=O)[O-])CC(=O)[O-])CC(=O)[O-].[Fe+2].[Na+]. The Bertz CT molecular complexity index is 327. The van der Waals surface area contributed by atoms with Crippen LogP contribution in [0.1, 0.15) is 0 Å². The van der Waals surface area contributed by atoms with Crippen LogP contribution in [0.5, 0.6) is 0 Å². The molecule has 10 nitrogen and oxygen atoms in total. The zero-order valence-electron chi connectivity index (χ0n) is 11.8. The van der Waals surface area contributed by atoms with E-state index in [1.54, 1.807) is 0 Å². The normalized spacial score (nSPS) is 9.73. The summed E-state index contributed by atoms with van der Waals surface area (Å²) in [6.07, 6.45) is 0. The van der Waals surface area contributed by atoms with Gasteiger partial charge in [-0.1, -0.05) is 0 Å². The van der Waals surface area contributed by atoms with Crippen molar-refractivity contribution in [2.75, 3.05) is 39.3 Å². The number of carboxylic acids is 4. The van der Waals surface area contributed by atoms with Gasteiger partial charge >= 0.3 is 46.6 Å². The number of nitrogens with zero attached hydrogens (tertiary/aromatic N) is 2. The molecule has 0 spiro atoms. The minimum absolute atomic E-state index is 0. The second-order valence-corrected chi connectivity index (χ2v) is 3.91. The van der Waals surface area contributed by atoms with Gasteiger partial charge in [0.15, 0.2) is 0 Å². The molecule has 0 heterocycles. The van der Waals surface area contributed by atoms with E-state index >= 15 is 0 Å². The third-order valence-electron chi connectivity index (χ3n) is 2.14. The van der Waals surface area contributed by atoms with Gasteiger partial charge in [-0.2, -0.15) is 0 Å². The second kappa shape index (κ2) is 13.9. The molecule has 0 fully saturated rings. The maximum atomic E-state index is 10.4. The molecule has 12 heteroatoms. The maximum Gasteiger partial charge on any atom is 2.00 e. The number of carboxylic acid groups (broad SMARTS) is 4. The van der Waals surface area contributed by atoms with Crippen LogP contribution in [-0.2, 0) is 36.2 Å². The van der Waals surface area contributed by atoms with E-state index < -0.39 is 50.1 Å². The van der Waals surface area contributed by atoms with Crippen molar-refractivity contribution in [1.29, 1.82) is 0 Å². The van der Waals surface area contributed by atoms with Gasteiger partial charge in [0, 0.05) is 39.3 Å². The number of rotatable bonds is 11. The summed E-state index contributed by atoms with van der Waals surface area (Å²) in [5.41, 5.74) is 0. The van der Waals surface area contributed by atoms with Crippen LogP contribution < -0.4 is 50.0 Å². The number of hydrogen-bond donors (Lipinski definition) is 0. The van der Waals surface area contributed by atoms with Gasteiger partial charge in [0.1, 0.15) is 0 Å². The largest absolute Gasteiger partial charge is 2.00 e. The van der Waals surface area contributed by atoms with Crippen molar-refractivity contribution in [3.8, 4) is 0 Å². The summed E-state index contributed by atoms with van der Waals surface area (Å²) in [5, 5.41) is 41.6. The van der Waals surface area contributed by atoms with Crippen LogP contribution >= 0.6 is 0 Å². The topological polar surface area (TPSA) is 167 Å². The molecule has 0 N–H and O–H groups in total. The molecule has 0 atom stereocenters. The first-order valence-electron chi connectivity index (χ1n) is 5.44. The fraction of sp³-hybridized carbons (Fsp3) is 0.600. The molecule has 0 amide bonds. The maximum absolute atomic E-state index is 10.4. The standard InChI is InChI=1S/C10H16N2O8.Fe.Na/c13-7(14)3-11(4-8(15)16)1-2-12(5-9(17)18)6-10(19)20;;/h1-6H2,(H,13,14)(H,15,16)(H,17,18)(H,19,20);;/q;+2;+1/p-4. The molecular weight excluding hydrogens is 355 g/mol. The van der Waals surface area contributed by atoms with E-state index in [1.165, 1.54) is 0 Å². The van der Waals surface area contributed by atoms with Crippen molar-refractivity contribution in [2.45, 2.75) is 0 Å².